The van der Waals surface area contributed by atoms with E-state index in [1.807, 2.05) is 0 Å². The molecule has 0 aromatic heterocycles. The van der Waals surface area contributed by atoms with E-state index in [1.165, 1.54) is 31.4 Å². The number of alkyl halides is 6. The number of carbonyl (C=O) groups is 1. The van der Waals surface area contributed by atoms with Crippen LogP contribution in [0.3, 0.4) is 0 Å². The van der Waals surface area contributed by atoms with E-state index in [2.05, 4.69) is 10.0 Å². The predicted octanol–water partition coefficient (Wildman–Crippen LogP) is 3.58. The van der Waals surface area contributed by atoms with Gasteiger partial charge in [-0.15, -0.1) is 0 Å². The minimum Gasteiger partial charge on any atom is -0.383 e. The summed E-state index contributed by atoms with van der Waals surface area (Å²) in [7, 11) is -2.39. The zero-order valence-corrected chi connectivity index (χ0v) is 17.3. The van der Waals surface area contributed by atoms with Crippen molar-refractivity contribution in [1.82, 2.24) is 10.0 Å². The zero-order valence-electron chi connectivity index (χ0n) is 16.5. The molecule has 0 heterocycles. The van der Waals surface area contributed by atoms with Crippen LogP contribution in [0.25, 0.3) is 0 Å². The number of hydrogen-bond donors (Lipinski definition) is 2. The molecule has 0 atom stereocenters. The lowest BCUT2D eigenvalue weighted by atomic mass is 10.0. The van der Waals surface area contributed by atoms with Crippen molar-refractivity contribution in [1.29, 1.82) is 0 Å². The molecule has 2 aromatic rings. The minimum atomic E-state index is -5.07. The van der Waals surface area contributed by atoms with Gasteiger partial charge < -0.3 is 10.1 Å². The Balaban J connectivity index is 2.14. The fourth-order valence-corrected chi connectivity index (χ4v) is 3.53. The molecule has 0 radical (unpaired) electrons. The van der Waals surface area contributed by atoms with Gasteiger partial charge in [-0.3, -0.25) is 4.79 Å². The van der Waals surface area contributed by atoms with Gasteiger partial charge in [0.25, 0.3) is 5.91 Å². The number of rotatable bonds is 8. The van der Waals surface area contributed by atoms with Crippen molar-refractivity contribution in [2.24, 2.45) is 0 Å². The number of hydrogen-bond acceptors (Lipinski definition) is 4. The van der Waals surface area contributed by atoms with E-state index in [0.29, 0.717) is 17.7 Å². The van der Waals surface area contributed by atoms with Crippen molar-refractivity contribution in [2.45, 2.75) is 23.8 Å². The molecular weight excluding hydrogens is 466 g/mol. The zero-order chi connectivity index (χ0) is 24.2. The summed E-state index contributed by atoms with van der Waals surface area (Å²) in [5.41, 5.74) is -3.65. The summed E-state index contributed by atoms with van der Waals surface area (Å²) in [6, 6.07) is 5.75. The summed E-state index contributed by atoms with van der Waals surface area (Å²) in [6.07, 6.45) is -10.1. The summed E-state index contributed by atoms with van der Waals surface area (Å²) >= 11 is 0. The highest BCUT2D eigenvalue weighted by molar-refractivity contribution is 7.89. The molecule has 0 aliphatic rings. The smallest absolute Gasteiger partial charge is 0.383 e. The topological polar surface area (TPSA) is 84.5 Å². The van der Waals surface area contributed by atoms with Crippen molar-refractivity contribution in [3.63, 3.8) is 0 Å². The molecule has 0 saturated carbocycles. The fourth-order valence-electron chi connectivity index (χ4n) is 2.52. The van der Waals surface area contributed by atoms with Gasteiger partial charge in [0.05, 0.1) is 22.6 Å². The highest BCUT2D eigenvalue weighted by Gasteiger charge is 2.37. The number of methoxy groups -OCH3 is 1. The average molecular weight is 484 g/mol. The Kier molecular flexibility index (Phi) is 7.91. The van der Waals surface area contributed by atoms with Crippen molar-refractivity contribution < 1.29 is 44.3 Å². The number of ether oxygens (including phenoxy) is 1. The monoisotopic (exact) mass is 484 g/mol. The molecule has 0 unspecified atom stereocenters. The molecule has 0 saturated heterocycles. The van der Waals surface area contributed by atoms with E-state index in [9.17, 15) is 39.6 Å². The second-order valence-corrected chi connectivity index (χ2v) is 8.28. The van der Waals surface area contributed by atoms with Gasteiger partial charge >= 0.3 is 12.4 Å². The summed E-state index contributed by atoms with van der Waals surface area (Å²) in [5.74, 6) is -1.15. The van der Waals surface area contributed by atoms with Crippen LogP contribution in [0.2, 0.25) is 0 Å². The van der Waals surface area contributed by atoms with Crippen LogP contribution in [0.15, 0.2) is 47.4 Å². The van der Waals surface area contributed by atoms with Crippen LogP contribution < -0.4 is 10.0 Å². The summed E-state index contributed by atoms with van der Waals surface area (Å²) in [4.78, 5) is 12.1. The standard InChI is InChI=1S/C19H18F6N2O4S/c1-31-7-6-27-32(29,30)16-4-2-12(3-5-16)11-26-17(28)13-8-14(18(20,21)22)10-15(9-13)19(23,24)25/h2-5,8-10,27H,6-7,11H2,1H3,(H,26,28). The van der Waals surface area contributed by atoms with Crippen molar-refractivity contribution in [2.75, 3.05) is 20.3 Å². The second kappa shape index (κ2) is 9.88. The molecule has 0 fully saturated rings. The lowest BCUT2D eigenvalue weighted by molar-refractivity contribution is -0.143. The van der Waals surface area contributed by atoms with E-state index in [-0.39, 0.29) is 30.7 Å². The van der Waals surface area contributed by atoms with Crippen LogP contribution in [-0.2, 0) is 33.7 Å². The highest BCUT2D eigenvalue weighted by atomic mass is 32.2. The molecule has 2 N–H and O–H groups in total. The van der Waals surface area contributed by atoms with Crippen LogP contribution in [0.4, 0.5) is 26.3 Å². The highest BCUT2D eigenvalue weighted by Crippen LogP contribution is 2.36. The molecule has 13 heteroatoms. The van der Waals surface area contributed by atoms with Gasteiger partial charge in [-0.05, 0) is 35.9 Å². The lowest BCUT2D eigenvalue weighted by Gasteiger charge is -2.14. The third-order valence-electron chi connectivity index (χ3n) is 4.13. The molecule has 6 nitrogen and oxygen atoms in total. The normalized spacial score (nSPS) is 12.6. The molecule has 2 aromatic carbocycles. The Morgan fingerprint density at radius 3 is 1.94 bits per heavy atom. The summed E-state index contributed by atoms with van der Waals surface area (Å²) < 4.78 is 109. The van der Waals surface area contributed by atoms with Crippen molar-refractivity contribution in [3.05, 3.63) is 64.7 Å². The second-order valence-electron chi connectivity index (χ2n) is 6.51. The van der Waals surface area contributed by atoms with Gasteiger partial charge in [-0.2, -0.15) is 26.3 Å². The number of benzene rings is 2. The number of carbonyl (C=O) groups excluding carboxylic acids is 1. The van der Waals surface area contributed by atoms with Gasteiger partial charge in [0.15, 0.2) is 0 Å². The molecule has 176 valence electrons. The first-order valence-electron chi connectivity index (χ1n) is 8.89. The number of nitrogens with one attached hydrogen (secondary N) is 2. The Hall–Kier alpha value is -2.64. The Morgan fingerprint density at radius 1 is 0.938 bits per heavy atom. The molecular formula is C19H18F6N2O4S. The Bertz CT molecular complexity index is 1020. The van der Waals surface area contributed by atoms with Crippen LogP contribution in [-0.4, -0.2) is 34.6 Å². The van der Waals surface area contributed by atoms with Gasteiger partial charge in [0, 0.05) is 25.8 Å². The SMILES string of the molecule is COCCNS(=O)(=O)c1ccc(CNC(=O)c2cc(C(F)(F)F)cc(C(F)(F)F)c2)cc1. The van der Waals surface area contributed by atoms with E-state index >= 15 is 0 Å². The van der Waals surface area contributed by atoms with E-state index in [1.54, 1.807) is 0 Å². The predicted molar refractivity (Wildman–Crippen MR) is 101 cm³/mol. The molecule has 32 heavy (non-hydrogen) atoms. The van der Waals surface area contributed by atoms with Crippen LogP contribution in [0.5, 0.6) is 0 Å². The number of sulfonamides is 1. The van der Waals surface area contributed by atoms with Gasteiger partial charge in [0.1, 0.15) is 0 Å². The number of amides is 1. The molecule has 1 amide bonds. The third-order valence-corrected chi connectivity index (χ3v) is 5.61. The van der Waals surface area contributed by atoms with Gasteiger partial charge in [-0.25, -0.2) is 13.1 Å². The van der Waals surface area contributed by atoms with Gasteiger partial charge in [-0.1, -0.05) is 12.1 Å². The molecule has 2 rings (SSSR count). The number of halogens is 6. The van der Waals surface area contributed by atoms with E-state index < -0.39 is 45.0 Å². The maximum atomic E-state index is 12.9. The first kappa shape index (κ1) is 25.6. The largest absolute Gasteiger partial charge is 0.416 e. The first-order chi connectivity index (χ1) is 14.7. The van der Waals surface area contributed by atoms with Crippen LogP contribution in [0.1, 0.15) is 27.0 Å². The first-order valence-corrected chi connectivity index (χ1v) is 10.4. The molecule has 0 aliphatic heterocycles. The molecule has 0 bridgehead atoms. The Morgan fingerprint density at radius 2 is 1.47 bits per heavy atom. The van der Waals surface area contributed by atoms with E-state index in [4.69, 9.17) is 4.74 Å². The van der Waals surface area contributed by atoms with Crippen LogP contribution >= 0.6 is 0 Å². The minimum absolute atomic E-state index is 0.0492. The maximum Gasteiger partial charge on any atom is 0.416 e. The molecule has 0 aliphatic carbocycles. The third kappa shape index (κ3) is 6.93. The van der Waals surface area contributed by atoms with E-state index in [0.717, 1.165) is 0 Å². The fraction of sp³-hybridized carbons (Fsp3) is 0.316. The summed E-state index contributed by atoms with van der Waals surface area (Å²) in [6.45, 7) is -0.0453. The van der Waals surface area contributed by atoms with Gasteiger partial charge in [0.2, 0.25) is 10.0 Å². The Labute approximate surface area is 179 Å². The van der Waals surface area contributed by atoms with Crippen LogP contribution in [0, 0.1) is 0 Å². The van der Waals surface area contributed by atoms with Crippen molar-refractivity contribution in [3.8, 4) is 0 Å². The lowest BCUT2D eigenvalue weighted by Crippen LogP contribution is -2.27. The maximum absolute atomic E-state index is 12.9. The quantitative estimate of drug-likeness (QED) is 0.443. The average Bonchev–Trinajstić information content (AvgIpc) is 2.71. The van der Waals surface area contributed by atoms with Crippen molar-refractivity contribution >= 4 is 15.9 Å². The molecule has 0 spiro atoms. The summed E-state index contributed by atoms with van der Waals surface area (Å²) in [5, 5.41) is 2.22.